The lowest BCUT2D eigenvalue weighted by Gasteiger charge is -2.23. The van der Waals surface area contributed by atoms with Crippen molar-refractivity contribution in [2.24, 2.45) is 0 Å². The van der Waals surface area contributed by atoms with Crippen molar-refractivity contribution < 1.29 is 23.5 Å². The molecule has 0 fully saturated rings. The number of halogens is 1. The summed E-state index contributed by atoms with van der Waals surface area (Å²) in [6.07, 6.45) is 1.78. The van der Waals surface area contributed by atoms with Crippen molar-refractivity contribution >= 4 is 34.6 Å². The Kier molecular flexibility index (Phi) is 6.66. The molecule has 1 aliphatic rings. The summed E-state index contributed by atoms with van der Waals surface area (Å²) in [6, 6.07) is 11.3. The molecule has 178 valence electrons. The summed E-state index contributed by atoms with van der Waals surface area (Å²) in [6.45, 7) is 5.20. The summed E-state index contributed by atoms with van der Waals surface area (Å²) in [4.78, 5) is 37.8. The largest absolute Gasteiger partial charge is 0.444 e. The number of carbonyl (C=O) groups excluding carboxylic acids is 2. The van der Waals surface area contributed by atoms with Gasteiger partial charge in [-0.05, 0) is 57.2 Å². The minimum Gasteiger partial charge on any atom is -0.444 e. The van der Waals surface area contributed by atoms with Crippen LogP contribution in [0.15, 0.2) is 51.7 Å². The van der Waals surface area contributed by atoms with Crippen LogP contribution >= 0.6 is 11.6 Å². The number of amides is 1. The van der Waals surface area contributed by atoms with Gasteiger partial charge in [-0.1, -0.05) is 41.9 Å². The molecule has 1 N–H and O–H groups in total. The average Bonchev–Trinajstić information content (AvgIpc) is 3.25. The Morgan fingerprint density at radius 1 is 1.12 bits per heavy atom. The van der Waals surface area contributed by atoms with Gasteiger partial charge >= 0.3 is 17.7 Å². The first-order valence-electron chi connectivity index (χ1n) is 11.1. The predicted octanol–water partition coefficient (Wildman–Crippen LogP) is 4.98. The highest BCUT2D eigenvalue weighted by atomic mass is 35.5. The standard InChI is InChI=1S/C26H26ClNO6/c1-26(2,3)34-25(31)28-20(12-15-8-5-4-6-9-15)24(30)33-22-14-21-18(13-19(22)27)16-10-7-11-17(16)23(29)32-21/h4-6,8-9,13-14,20H,7,10-12H2,1-3H3,(H,28,31)/t20-/m1/s1. The fourth-order valence-corrected chi connectivity index (χ4v) is 4.24. The van der Waals surface area contributed by atoms with Crippen LogP contribution in [0.3, 0.4) is 0 Å². The van der Waals surface area contributed by atoms with Gasteiger partial charge in [0.15, 0.2) is 5.75 Å². The Morgan fingerprint density at radius 3 is 2.53 bits per heavy atom. The van der Waals surface area contributed by atoms with E-state index < -0.39 is 23.7 Å². The van der Waals surface area contributed by atoms with E-state index in [0.29, 0.717) is 17.6 Å². The molecule has 8 heteroatoms. The van der Waals surface area contributed by atoms with Gasteiger partial charge < -0.3 is 19.2 Å². The molecule has 7 nitrogen and oxygen atoms in total. The van der Waals surface area contributed by atoms with Crippen molar-refractivity contribution in [3.8, 4) is 5.75 Å². The topological polar surface area (TPSA) is 94.8 Å². The third-order valence-electron chi connectivity index (χ3n) is 5.49. The molecule has 0 saturated carbocycles. The number of hydrogen-bond donors (Lipinski definition) is 1. The summed E-state index contributed by atoms with van der Waals surface area (Å²) < 4.78 is 16.3. The van der Waals surface area contributed by atoms with Crippen molar-refractivity contribution in [2.45, 2.75) is 58.1 Å². The Bertz CT molecular complexity index is 1290. The van der Waals surface area contributed by atoms with E-state index in [1.807, 2.05) is 30.3 Å². The van der Waals surface area contributed by atoms with E-state index >= 15 is 0 Å². The normalized spacial score (nSPS) is 13.9. The number of ether oxygens (including phenoxy) is 2. The van der Waals surface area contributed by atoms with Crippen LogP contribution in [0.4, 0.5) is 4.79 Å². The number of nitrogens with one attached hydrogen (secondary N) is 1. The number of benzene rings is 2. The predicted molar refractivity (Wildman–Crippen MR) is 128 cm³/mol. The maximum atomic E-state index is 13.1. The summed E-state index contributed by atoms with van der Waals surface area (Å²) >= 11 is 6.44. The molecule has 1 amide bonds. The Labute approximate surface area is 202 Å². The van der Waals surface area contributed by atoms with Gasteiger partial charge in [0.2, 0.25) is 0 Å². The zero-order valence-electron chi connectivity index (χ0n) is 19.3. The van der Waals surface area contributed by atoms with E-state index in [0.717, 1.165) is 29.4 Å². The first kappa shape index (κ1) is 23.8. The summed E-state index contributed by atoms with van der Waals surface area (Å²) in [7, 11) is 0. The van der Waals surface area contributed by atoms with Gasteiger partial charge in [0.05, 0.1) is 5.02 Å². The van der Waals surface area contributed by atoms with Gasteiger partial charge in [-0.25, -0.2) is 14.4 Å². The molecule has 0 unspecified atom stereocenters. The molecule has 3 aromatic rings. The Morgan fingerprint density at radius 2 is 1.82 bits per heavy atom. The number of fused-ring (bicyclic) bond motifs is 3. The molecule has 4 rings (SSSR count). The molecule has 1 aliphatic carbocycles. The van der Waals surface area contributed by atoms with Crippen LogP contribution in [0.1, 0.15) is 43.9 Å². The van der Waals surface area contributed by atoms with E-state index in [2.05, 4.69) is 5.32 Å². The van der Waals surface area contributed by atoms with E-state index in [-0.39, 0.29) is 22.8 Å². The third-order valence-corrected chi connectivity index (χ3v) is 5.79. The molecule has 2 aromatic carbocycles. The Balaban J connectivity index is 1.61. The maximum Gasteiger partial charge on any atom is 0.408 e. The lowest BCUT2D eigenvalue weighted by atomic mass is 10.1. The zero-order valence-corrected chi connectivity index (χ0v) is 20.0. The molecule has 0 saturated heterocycles. The number of esters is 1. The van der Waals surface area contributed by atoms with Crippen LogP contribution in [0.5, 0.6) is 5.75 Å². The van der Waals surface area contributed by atoms with Crippen molar-refractivity contribution in [1.29, 1.82) is 0 Å². The monoisotopic (exact) mass is 483 g/mol. The lowest BCUT2D eigenvalue weighted by Crippen LogP contribution is -2.46. The van der Waals surface area contributed by atoms with Gasteiger partial charge in [-0.15, -0.1) is 0 Å². The fourth-order valence-electron chi connectivity index (χ4n) is 4.03. The zero-order chi connectivity index (χ0) is 24.5. The van der Waals surface area contributed by atoms with Crippen molar-refractivity contribution in [2.75, 3.05) is 0 Å². The van der Waals surface area contributed by atoms with E-state index in [1.165, 1.54) is 6.07 Å². The van der Waals surface area contributed by atoms with Crippen molar-refractivity contribution in [3.05, 3.63) is 74.6 Å². The molecule has 0 spiro atoms. The van der Waals surface area contributed by atoms with Gasteiger partial charge in [-0.3, -0.25) is 0 Å². The van der Waals surface area contributed by atoms with Crippen LogP contribution in [0.25, 0.3) is 11.0 Å². The molecule has 1 heterocycles. The first-order valence-corrected chi connectivity index (χ1v) is 11.5. The molecule has 1 aromatic heterocycles. The maximum absolute atomic E-state index is 13.1. The quantitative estimate of drug-likeness (QED) is 0.312. The molecule has 0 radical (unpaired) electrons. The molecular weight excluding hydrogens is 458 g/mol. The van der Waals surface area contributed by atoms with E-state index in [4.69, 9.17) is 25.5 Å². The summed E-state index contributed by atoms with van der Waals surface area (Å²) in [5.41, 5.74) is 1.62. The van der Waals surface area contributed by atoms with Gasteiger partial charge in [0, 0.05) is 23.4 Å². The van der Waals surface area contributed by atoms with Crippen molar-refractivity contribution in [3.63, 3.8) is 0 Å². The smallest absolute Gasteiger partial charge is 0.408 e. The van der Waals surface area contributed by atoms with Gasteiger partial charge in [-0.2, -0.15) is 0 Å². The minimum absolute atomic E-state index is 0.0457. The molecule has 1 atom stereocenters. The van der Waals surface area contributed by atoms with Crippen molar-refractivity contribution in [1.82, 2.24) is 5.32 Å². The summed E-state index contributed by atoms with van der Waals surface area (Å²) in [5, 5.41) is 3.54. The number of alkyl carbamates (subject to hydrolysis) is 1. The second-order valence-electron chi connectivity index (χ2n) is 9.29. The van der Waals surface area contributed by atoms with E-state index in [9.17, 15) is 14.4 Å². The number of rotatable bonds is 5. The highest BCUT2D eigenvalue weighted by molar-refractivity contribution is 6.33. The summed E-state index contributed by atoms with van der Waals surface area (Å²) in [5.74, 6) is -0.677. The molecular formula is C26H26ClNO6. The molecule has 34 heavy (non-hydrogen) atoms. The highest BCUT2D eigenvalue weighted by Crippen LogP contribution is 2.35. The molecule has 0 bridgehead atoms. The van der Waals surface area contributed by atoms with Crippen LogP contribution in [0.2, 0.25) is 5.02 Å². The lowest BCUT2D eigenvalue weighted by molar-refractivity contribution is -0.136. The average molecular weight is 484 g/mol. The van der Waals surface area contributed by atoms with Crippen LogP contribution in [-0.2, 0) is 28.8 Å². The second-order valence-corrected chi connectivity index (χ2v) is 9.70. The highest BCUT2D eigenvalue weighted by Gasteiger charge is 2.28. The Hall–Kier alpha value is -3.32. The van der Waals surface area contributed by atoms with E-state index in [1.54, 1.807) is 26.8 Å². The fraction of sp³-hybridized carbons (Fsp3) is 0.346. The minimum atomic E-state index is -1.03. The second kappa shape index (κ2) is 9.50. The number of carbonyl (C=O) groups is 2. The number of hydrogen-bond acceptors (Lipinski definition) is 6. The molecule has 0 aliphatic heterocycles. The van der Waals surface area contributed by atoms with Crippen LogP contribution < -0.4 is 15.7 Å². The third kappa shape index (κ3) is 5.42. The SMILES string of the molecule is CC(C)(C)OC(=O)N[C@H](Cc1ccccc1)C(=O)Oc1cc2oc(=O)c3c(c2cc1Cl)CCC3. The number of aryl methyl sites for hydroxylation is 1. The van der Waals surface area contributed by atoms with Crippen LogP contribution in [0, 0.1) is 0 Å². The van der Waals surface area contributed by atoms with Crippen LogP contribution in [-0.4, -0.2) is 23.7 Å². The van der Waals surface area contributed by atoms with Gasteiger partial charge in [0.1, 0.15) is 17.2 Å². The van der Waals surface area contributed by atoms with Gasteiger partial charge in [0.25, 0.3) is 0 Å². The first-order chi connectivity index (χ1) is 16.1.